The Morgan fingerprint density at radius 2 is 1.81 bits per heavy atom. The number of nitrogens with one attached hydrogen (secondary N) is 1. The fourth-order valence-electron chi connectivity index (χ4n) is 2.65. The highest BCUT2D eigenvalue weighted by Crippen LogP contribution is 2.25. The monoisotopic (exact) mass is 394 g/mol. The van der Waals surface area contributed by atoms with Gasteiger partial charge in [0.1, 0.15) is 0 Å². The van der Waals surface area contributed by atoms with Gasteiger partial charge in [0.2, 0.25) is 15.9 Å². The van der Waals surface area contributed by atoms with Crippen LogP contribution in [0, 0.1) is 20.8 Å². The number of benzene rings is 2. The van der Waals surface area contributed by atoms with E-state index in [0.29, 0.717) is 16.4 Å². The van der Waals surface area contributed by atoms with Crippen molar-refractivity contribution in [2.45, 2.75) is 27.2 Å². The fourth-order valence-corrected chi connectivity index (χ4v) is 3.86. The molecule has 7 heteroatoms. The number of rotatable bonds is 6. The number of hydrogen-bond donors (Lipinski definition) is 1. The number of halogens is 1. The maximum absolute atomic E-state index is 12.3. The van der Waals surface area contributed by atoms with Crippen LogP contribution in [0.15, 0.2) is 36.4 Å². The molecule has 0 aromatic heterocycles. The quantitative estimate of drug-likeness (QED) is 0.803. The molecule has 0 aliphatic carbocycles. The zero-order valence-electron chi connectivity index (χ0n) is 15.3. The first-order valence-electron chi connectivity index (χ1n) is 8.19. The van der Waals surface area contributed by atoms with Crippen LogP contribution in [-0.2, 0) is 14.8 Å². The molecule has 0 atom stereocenters. The number of hydrogen-bond acceptors (Lipinski definition) is 3. The molecule has 26 heavy (non-hydrogen) atoms. The van der Waals surface area contributed by atoms with Crippen LogP contribution < -0.4 is 9.62 Å². The van der Waals surface area contributed by atoms with Crippen molar-refractivity contribution in [3.05, 3.63) is 58.1 Å². The summed E-state index contributed by atoms with van der Waals surface area (Å²) in [4.78, 5) is 12.3. The van der Waals surface area contributed by atoms with Crippen LogP contribution in [0.2, 0.25) is 5.02 Å². The van der Waals surface area contributed by atoms with Gasteiger partial charge in [0.25, 0.3) is 0 Å². The van der Waals surface area contributed by atoms with Crippen molar-refractivity contribution in [2.24, 2.45) is 0 Å². The summed E-state index contributed by atoms with van der Waals surface area (Å²) in [6, 6.07) is 10.7. The summed E-state index contributed by atoms with van der Waals surface area (Å²) in [6.07, 6.45) is 1.19. The lowest BCUT2D eigenvalue weighted by Crippen LogP contribution is -2.33. The lowest BCUT2D eigenvalue weighted by molar-refractivity contribution is -0.116. The molecule has 2 aromatic carbocycles. The topological polar surface area (TPSA) is 66.5 Å². The molecule has 0 saturated heterocycles. The molecule has 5 nitrogen and oxygen atoms in total. The zero-order valence-corrected chi connectivity index (χ0v) is 16.9. The molecule has 2 aromatic rings. The molecular weight excluding hydrogens is 372 g/mol. The lowest BCUT2D eigenvalue weighted by atomic mass is 10.1. The summed E-state index contributed by atoms with van der Waals surface area (Å²) in [5.41, 5.74) is 3.99. The first-order valence-corrected chi connectivity index (χ1v) is 10.4. The van der Waals surface area contributed by atoms with Crippen LogP contribution in [0.25, 0.3) is 0 Å². The largest absolute Gasteiger partial charge is 0.326 e. The number of amides is 1. The van der Waals surface area contributed by atoms with Gasteiger partial charge in [0.05, 0.1) is 11.9 Å². The van der Waals surface area contributed by atoms with Crippen molar-refractivity contribution in [3.63, 3.8) is 0 Å². The summed E-state index contributed by atoms with van der Waals surface area (Å²) in [7, 11) is -3.50. The maximum atomic E-state index is 12.3. The molecule has 1 amide bonds. The van der Waals surface area contributed by atoms with E-state index in [2.05, 4.69) is 5.32 Å². The number of nitrogens with zero attached hydrogens (tertiary/aromatic N) is 1. The average molecular weight is 395 g/mol. The normalized spacial score (nSPS) is 11.3. The van der Waals surface area contributed by atoms with Crippen LogP contribution in [-0.4, -0.2) is 27.1 Å². The number of anilines is 2. The Kier molecular flexibility index (Phi) is 6.31. The lowest BCUT2D eigenvalue weighted by Gasteiger charge is -2.24. The minimum absolute atomic E-state index is 0.0442. The van der Waals surface area contributed by atoms with Gasteiger partial charge in [-0.1, -0.05) is 23.7 Å². The predicted molar refractivity (Wildman–Crippen MR) is 108 cm³/mol. The second-order valence-electron chi connectivity index (χ2n) is 6.31. The summed E-state index contributed by atoms with van der Waals surface area (Å²) in [5.74, 6) is -0.255. The summed E-state index contributed by atoms with van der Waals surface area (Å²) < 4.78 is 25.8. The molecule has 1 N–H and O–H groups in total. The van der Waals surface area contributed by atoms with Gasteiger partial charge in [-0.3, -0.25) is 9.10 Å². The number of sulfonamides is 1. The Morgan fingerprint density at radius 1 is 1.12 bits per heavy atom. The van der Waals surface area contributed by atoms with Crippen molar-refractivity contribution in [1.29, 1.82) is 0 Å². The van der Waals surface area contributed by atoms with Crippen molar-refractivity contribution >= 4 is 38.9 Å². The zero-order chi connectivity index (χ0) is 19.5. The van der Waals surface area contributed by atoms with Crippen molar-refractivity contribution in [1.82, 2.24) is 0 Å². The molecule has 0 unspecified atom stereocenters. The van der Waals surface area contributed by atoms with Gasteiger partial charge in [-0.15, -0.1) is 0 Å². The van der Waals surface area contributed by atoms with E-state index >= 15 is 0 Å². The Morgan fingerprint density at radius 3 is 2.42 bits per heavy atom. The molecule has 0 radical (unpaired) electrons. The van der Waals surface area contributed by atoms with Gasteiger partial charge < -0.3 is 5.32 Å². The first kappa shape index (κ1) is 20.3. The van der Waals surface area contributed by atoms with Crippen LogP contribution in [0.3, 0.4) is 0 Å². The van der Waals surface area contributed by atoms with Crippen molar-refractivity contribution in [2.75, 3.05) is 22.4 Å². The molecule has 0 aliphatic rings. The highest BCUT2D eigenvalue weighted by molar-refractivity contribution is 7.92. The van der Waals surface area contributed by atoms with E-state index in [1.54, 1.807) is 24.3 Å². The SMILES string of the molecule is Cc1cc(Cl)ccc1NC(=O)CCN(c1cccc(C)c1C)S(C)(=O)=O. The van der Waals surface area contributed by atoms with Crippen LogP contribution >= 0.6 is 11.6 Å². The Balaban J connectivity index is 2.15. The molecule has 0 fully saturated rings. The van der Waals surface area contributed by atoms with E-state index in [-0.39, 0.29) is 18.9 Å². The molecule has 0 aliphatic heterocycles. The molecule has 0 saturated carbocycles. The molecule has 0 heterocycles. The molecule has 0 spiro atoms. The third-order valence-corrected chi connectivity index (χ3v) is 5.66. The summed E-state index contributed by atoms with van der Waals surface area (Å²) in [5, 5.41) is 3.40. The highest BCUT2D eigenvalue weighted by atomic mass is 35.5. The third kappa shape index (κ3) is 4.99. The van der Waals surface area contributed by atoms with E-state index in [0.717, 1.165) is 22.9 Å². The smallest absolute Gasteiger partial charge is 0.232 e. The van der Waals surface area contributed by atoms with Crippen molar-refractivity contribution < 1.29 is 13.2 Å². The minimum atomic E-state index is -3.50. The van der Waals surface area contributed by atoms with E-state index < -0.39 is 10.0 Å². The van der Waals surface area contributed by atoms with Gasteiger partial charge in [-0.25, -0.2) is 8.42 Å². The second-order valence-corrected chi connectivity index (χ2v) is 8.65. The Bertz CT molecular complexity index is 926. The van der Waals surface area contributed by atoms with Crippen LogP contribution in [0.1, 0.15) is 23.1 Å². The first-order chi connectivity index (χ1) is 12.1. The number of aryl methyl sites for hydroxylation is 2. The van der Waals surface area contributed by atoms with E-state index in [9.17, 15) is 13.2 Å². The Labute approximate surface area is 160 Å². The van der Waals surface area contributed by atoms with Crippen LogP contribution in [0.5, 0.6) is 0 Å². The van der Waals surface area contributed by atoms with Crippen LogP contribution in [0.4, 0.5) is 11.4 Å². The molecule has 0 bridgehead atoms. The highest BCUT2D eigenvalue weighted by Gasteiger charge is 2.21. The molecular formula is C19H23ClN2O3S. The van der Waals surface area contributed by atoms with Gasteiger partial charge in [0, 0.05) is 23.7 Å². The van der Waals surface area contributed by atoms with E-state index in [4.69, 9.17) is 11.6 Å². The van der Waals surface area contributed by atoms with Gasteiger partial charge in [0.15, 0.2) is 0 Å². The summed E-state index contributed by atoms with van der Waals surface area (Å²) in [6.45, 7) is 5.72. The maximum Gasteiger partial charge on any atom is 0.232 e. The predicted octanol–water partition coefficient (Wildman–Crippen LogP) is 4.06. The standard InChI is InChI=1S/C19H23ClN2O3S/c1-13-6-5-7-18(15(13)3)22(26(4,24)25)11-10-19(23)21-17-9-8-16(20)12-14(17)2/h5-9,12H,10-11H2,1-4H3,(H,21,23). The average Bonchev–Trinajstić information content (AvgIpc) is 2.53. The fraction of sp³-hybridized carbons (Fsp3) is 0.316. The van der Waals surface area contributed by atoms with Gasteiger partial charge >= 0.3 is 0 Å². The molecule has 2 rings (SSSR count). The third-order valence-electron chi connectivity index (χ3n) is 4.25. The van der Waals surface area contributed by atoms with Gasteiger partial charge in [-0.2, -0.15) is 0 Å². The second kappa shape index (κ2) is 8.10. The number of carbonyl (C=O) groups excluding carboxylic acids is 1. The van der Waals surface area contributed by atoms with E-state index in [1.165, 1.54) is 4.31 Å². The molecule has 140 valence electrons. The number of carbonyl (C=O) groups is 1. The Hall–Kier alpha value is -2.05. The van der Waals surface area contributed by atoms with Crippen molar-refractivity contribution in [3.8, 4) is 0 Å². The van der Waals surface area contributed by atoms with Gasteiger partial charge in [-0.05, 0) is 61.7 Å². The minimum Gasteiger partial charge on any atom is -0.326 e. The summed E-state index contributed by atoms with van der Waals surface area (Å²) >= 11 is 5.92. The van der Waals surface area contributed by atoms with E-state index in [1.807, 2.05) is 32.9 Å².